The molecular weight excluding hydrogens is 306 g/mol. The fourth-order valence-corrected chi connectivity index (χ4v) is 3.87. The molecule has 110 valence electrons. The number of aryl methyl sites for hydroxylation is 1. The molecule has 0 spiro atoms. The number of ether oxygens (including phenoxy) is 1. The minimum atomic E-state index is -0.362. The molecule has 1 aromatic heterocycles. The molecule has 0 bridgehead atoms. The second kappa shape index (κ2) is 6.50. The van der Waals surface area contributed by atoms with Gasteiger partial charge in [-0.2, -0.15) is 0 Å². The first-order valence-electron chi connectivity index (χ1n) is 6.94. The molecule has 2 aromatic rings. The first-order chi connectivity index (χ1) is 10.2. The Morgan fingerprint density at radius 1 is 1.38 bits per heavy atom. The summed E-state index contributed by atoms with van der Waals surface area (Å²) in [6.45, 7) is 0.295. The first kappa shape index (κ1) is 14.4. The van der Waals surface area contributed by atoms with Gasteiger partial charge in [-0.1, -0.05) is 41.9 Å². The number of rotatable bonds is 3. The molecule has 1 aliphatic carbocycles. The van der Waals surface area contributed by atoms with Crippen molar-refractivity contribution >= 4 is 29.0 Å². The molecular formula is C16H16ClNO2S. The van der Waals surface area contributed by atoms with E-state index in [0.717, 1.165) is 29.8 Å². The normalized spacial score (nSPS) is 17.1. The zero-order valence-corrected chi connectivity index (χ0v) is 13.0. The fourth-order valence-electron chi connectivity index (χ4n) is 2.53. The highest BCUT2D eigenvalue weighted by Crippen LogP contribution is 2.33. The van der Waals surface area contributed by atoms with E-state index in [9.17, 15) is 4.79 Å². The average Bonchev–Trinajstić information content (AvgIpc) is 2.87. The standard InChI is InChI=1S/C16H16ClNO2S/c17-14-10-21-15-7-6-12(8-13(14)15)18-16(19)20-9-11-4-2-1-3-5-11/h1-5,10,12H,6-9H2,(H,18,19). The predicted octanol–water partition coefficient (Wildman–Crippen LogP) is 4.19. The van der Waals surface area contributed by atoms with Gasteiger partial charge in [0.05, 0.1) is 5.02 Å². The molecule has 0 fully saturated rings. The molecule has 1 N–H and O–H groups in total. The summed E-state index contributed by atoms with van der Waals surface area (Å²) in [7, 11) is 0. The predicted molar refractivity (Wildman–Crippen MR) is 84.9 cm³/mol. The third-order valence-corrected chi connectivity index (χ3v) is 5.19. The lowest BCUT2D eigenvalue weighted by molar-refractivity contribution is 0.134. The number of fused-ring (bicyclic) bond motifs is 1. The highest BCUT2D eigenvalue weighted by atomic mass is 35.5. The monoisotopic (exact) mass is 321 g/mol. The van der Waals surface area contributed by atoms with Gasteiger partial charge in [0.15, 0.2) is 0 Å². The molecule has 1 atom stereocenters. The van der Waals surface area contributed by atoms with Crippen molar-refractivity contribution in [3.8, 4) is 0 Å². The van der Waals surface area contributed by atoms with Crippen molar-refractivity contribution in [2.75, 3.05) is 0 Å². The summed E-state index contributed by atoms with van der Waals surface area (Å²) in [5.41, 5.74) is 2.17. The maximum atomic E-state index is 11.9. The highest BCUT2D eigenvalue weighted by molar-refractivity contribution is 7.10. The molecule has 1 aliphatic rings. The van der Waals surface area contributed by atoms with Crippen LogP contribution in [0.1, 0.15) is 22.4 Å². The van der Waals surface area contributed by atoms with Gasteiger partial charge in [0.1, 0.15) is 6.61 Å². The maximum absolute atomic E-state index is 11.9. The lowest BCUT2D eigenvalue weighted by Crippen LogP contribution is -2.38. The van der Waals surface area contributed by atoms with Crippen LogP contribution in [-0.2, 0) is 24.2 Å². The number of carbonyl (C=O) groups excluding carboxylic acids is 1. The molecule has 0 aliphatic heterocycles. The van der Waals surface area contributed by atoms with E-state index in [2.05, 4.69) is 5.32 Å². The SMILES string of the molecule is O=C(NC1CCc2scc(Cl)c2C1)OCc1ccccc1. The zero-order chi connectivity index (χ0) is 14.7. The van der Waals surface area contributed by atoms with Crippen LogP contribution in [-0.4, -0.2) is 12.1 Å². The van der Waals surface area contributed by atoms with Gasteiger partial charge in [-0.3, -0.25) is 0 Å². The smallest absolute Gasteiger partial charge is 0.407 e. The van der Waals surface area contributed by atoms with Gasteiger partial charge in [-0.05, 0) is 30.4 Å². The summed E-state index contributed by atoms with van der Waals surface area (Å²) in [6, 6.07) is 9.77. The molecule has 0 saturated carbocycles. The Kier molecular flexibility index (Phi) is 4.46. The van der Waals surface area contributed by atoms with Crippen LogP contribution in [0.5, 0.6) is 0 Å². The largest absolute Gasteiger partial charge is 0.445 e. The third-order valence-electron chi connectivity index (χ3n) is 3.63. The van der Waals surface area contributed by atoms with Gasteiger partial charge in [-0.25, -0.2) is 4.79 Å². The van der Waals surface area contributed by atoms with E-state index in [1.165, 1.54) is 10.4 Å². The zero-order valence-electron chi connectivity index (χ0n) is 11.5. The minimum Gasteiger partial charge on any atom is -0.445 e. The lowest BCUT2D eigenvalue weighted by Gasteiger charge is -2.23. The number of halogens is 1. The summed E-state index contributed by atoms with van der Waals surface area (Å²) in [5.74, 6) is 0. The second-order valence-electron chi connectivity index (χ2n) is 5.13. The van der Waals surface area contributed by atoms with Gasteiger partial charge in [-0.15, -0.1) is 11.3 Å². The number of thiophene rings is 1. The molecule has 3 nitrogen and oxygen atoms in total. The van der Waals surface area contributed by atoms with Gasteiger partial charge in [0.2, 0.25) is 0 Å². The highest BCUT2D eigenvalue weighted by Gasteiger charge is 2.23. The molecule has 3 rings (SSSR count). The van der Waals surface area contributed by atoms with E-state index in [1.807, 2.05) is 35.7 Å². The second-order valence-corrected chi connectivity index (χ2v) is 6.50. The Morgan fingerprint density at radius 2 is 2.19 bits per heavy atom. The topological polar surface area (TPSA) is 38.3 Å². The molecule has 0 saturated heterocycles. The summed E-state index contributed by atoms with van der Waals surface area (Å²) in [4.78, 5) is 13.2. The molecule has 21 heavy (non-hydrogen) atoms. The van der Waals surface area contributed by atoms with E-state index >= 15 is 0 Å². The van der Waals surface area contributed by atoms with Crippen molar-refractivity contribution in [2.24, 2.45) is 0 Å². The van der Waals surface area contributed by atoms with Crippen molar-refractivity contribution in [3.63, 3.8) is 0 Å². The van der Waals surface area contributed by atoms with Gasteiger partial charge in [0, 0.05) is 16.3 Å². The van der Waals surface area contributed by atoms with Crippen molar-refractivity contribution in [2.45, 2.75) is 31.9 Å². The van der Waals surface area contributed by atoms with Crippen LogP contribution < -0.4 is 5.32 Å². The average molecular weight is 322 g/mol. The summed E-state index contributed by atoms with van der Waals surface area (Å²) >= 11 is 7.87. The molecule has 1 heterocycles. The lowest BCUT2D eigenvalue weighted by atomic mass is 9.94. The van der Waals surface area contributed by atoms with E-state index < -0.39 is 0 Å². The van der Waals surface area contributed by atoms with E-state index in [0.29, 0.717) is 6.61 Å². The van der Waals surface area contributed by atoms with Crippen molar-refractivity contribution in [1.29, 1.82) is 0 Å². The van der Waals surface area contributed by atoms with E-state index in [-0.39, 0.29) is 12.1 Å². The van der Waals surface area contributed by atoms with Crippen molar-refractivity contribution in [3.05, 3.63) is 56.7 Å². The first-order valence-corrected chi connectivity index (χ1v) is 8.20. The number of nitrogens with one attached hydrogen (secondary N) is 1. The van der Waals surface area contributed by atoms with Crippen molar-refractivity contribution in [1.82, 2.24) is 5.32 Å². The Bertz CT molecular complexity index is 626. The number of amides is 1. The molecule has 0 radical (unpaired) electrons. The number of hydrogen-bond acceptors (Lipinski definition) is 3. The summed E-state index contributed by atoms with van der Waals surface area (Å²) in [6.07, 6.45) is 2.33. The fraction of sp³-hybridized carbons (Fsp3) is 0.312. The van der Waals surface area contributed by atoms with Gasteiger partial charge in [0.25, 0.3) is 0 Å². The van der Waals surface area contributed by atoms with Crippen LogP contribution in [0, 0.1) is 0 Å². The van der Waals surface area contributed by atoms with E-state index in [4.69, 9.17) is 16.3 Å². The van der Waals surface area contributed by atoms with Crippen LogP contribution in [0.15, 0.2) is 35.7 Å². The Balaban J connectivity index is 1.51. The Hall–Kier alpha value is -1.52. The molecule has 1 amide bonds. The van der Waals surface area contributed by atoms with Crippen LogP contribution in [0.25, 0.3) is 0 Å². The number of alkyl carbamates (subject to hydrolysis) is 1. The summed E-state index contributed by atoms with van der Waals surface area (Å²) < 4.78 is 5.25. The van der Waals surface area contributed by atoms with E-state index in [1.54, 1.807) is 11.3 Å². The number of benzene rings is 1. The van der Waals surface area contributed by atoms with Crippen molar-refractivity contribution < 1.29 is 9.53 Å². The molecule has 1 unspecified atom stereocenters. The molecule has 1 aromatic carbocycles. The minimum absolute atomic E-state index is 0.105. The van der Waals surface area contributed by atoms with Crippen LogP contribution >= 0.6 is 22.9 Å². The number of carbonyl (C=O) groups is 1. The number of hydrogen-bond donors (Lipinski definition) is 1. The third kappa shape index (κ3) is 3.57. The van der Waals surface area contributed by atoms with Gasteiger partial charge >= 0.3 is 6.09 Å². The quantitative estimate of drug-likeness (QED) is 0.920. The Morgan fingerprint density at radius 3 is 3.00 bits per heavy atom. The van der Waals surface area contributed by atoms with Crippen LogP contribution in [0.3, 0.4) is 0 Å². The van der Waals surface area contributed by atoms with Gasteiger partial charge < -0.3 is 10.1 Å². The Labute approximate surface area is 132 Å². The molecule has 5 heteroatoms. The van der Waals surface area contributed by atoms with Crippen LogP contribution in [0.2, 0.25) is 5.02 Å². The summed E-state index contributed by atoms with van der Waals surface area (Å²) in [5, 5.41) is 5.73. The maximum Gasteiger partial charge on any atom is 0.407 e. The van der Waals surface area contributed by atoms with Crippen LogP contribution in [0.4, 0.5) is 4.79 Å².